The number of nitriles is 1. The first kappa shape index (κ1) is 17.7. The van der Waals surface area contributed by atoms with E-state index in [1.165, 1.54) is 0 Å². The van der Waals surface area contributed by atoms with Crippen molar-refractivity contribution in [2.24, 2.45) is 5.92 Å². The number of hydrogen-bond acceptors (Lipinski definition) is 4. The zero-order chi connectivity index (χ0) is 17.0. The van der Waals surface area contributed by atoms with Gasteiger partial charge in [-0.1, -0.05) is 0 Å². The number of nitrogens with zero attached hydrogens (tertiary/aromatic N) is 2. The molecule has 1 saturated heterocycles. The van der Waals surface area contributed by atoms with Crippen molar-refractivity contribution in [1.29, 1.82) is 5.26 Å². The first-order chi connectivity index (χ1) is 10.9. The molecule has 0 aromatic heterocycles. The third kappa shape index (κ3) is 4.02. The summed E-state index contributed by atoms with van der Waals surface area (Å²) >= 11 is 0. The van der Waals surface area contributed by atoms with E-state index in [9.17, 15) is 21.6 Å². The first-order valence-corrected chi connectivity index (χ1v) is 8.39. The second kappa shape index (κ2) is 7.29. The quantitative estimate of drug-likeness (QED) is 0.738. The Balaban J connectivity index is 2.34. The highest BCUT2D eigenvalue weighted by Crippen LogP contribution is 2.25. The summed E-state index contributed by atoms with van der Waals surface area (Å²) in [5.74, 6) is -4.37. The summed E-state index contributed by atoms with van der Waals surface area (Å²) in [5.41, 5.74) is 0. The molecule has 23 heavy (non-hydrogen) atoms. The molecule has 5 nitrogen and oxygen atoms in total. The van der Waals surface area contributed by atoms with E-state index in [1.807, 2.05) is 6.07 Å². The molecule has 0 amide bonds. The molecule has 0 radical (unpaired) electrons. The van der Waals surface area contributed by atoms with Gasteiger partial charge in [-0.15, -0.1) is 0 Å². The van der Waals surface area contributed by atoms with E-state index in [2.05, 4.69) is 0 Å². The maximum Gasteiger partial charge on any atom is 0.246 e. The first-order valence-electron chi connectivity index (χ1n) is 6.95. The summed E-state index contributed by atoms with van der Waals surface area (Å²) in [5, 5.41) is 8.67. The molecular weight excluding hydrogens is 333 g/mol. The molecular formula is C14H15F3N2O3S. The summed E-state index contributed by atoms with van der Waals surface area (Å²) in [6, 6.07) is 2.34. The fraction of sp³-hybridized carbons (Fsp3) is 0.500. The summed E-state index contributed by atoms with van der Waals surface area (Å²) in [4.78, 5) is -0.937. The number of sulfonamides is 1. The van der Waals surface area contributed by atoms with Crippen molar-refractivity contribution in [3.8, 4) is 6.07 Å². The van der Waals surface area contributed by atoms with E-state index in [0.717, 1.165) is 4.31 Å². The van der Waals surface area contributed by atoms with Crippen molar-refractivity contribution in [2.75, 3.05) is 26.3 Å². The van der Waals surface area contributed by atoms with Crippen LogP contribution in [-0.2, 0) is 14.8 Å². The largest absolute Gasteiger partial charge is 0.381 e. The zero-order valence-corrected chi connectivity index (χ0v) is 13.0. The van der Waals surface area contributed by atoms with Gasteiger partial charge in [-0.2, -0.15) is 9.57 Å². The SMILES string of the molecule is N#CCCN(CC1CCOC1)S(=O)(=O)c1cc(F)c(F)cc1F. The number of hydrogen-bond donors (Lipinski definition) is 0. The molecule has 1 unspecified atom stereocenters. The van der Waals surface area contributed by atoms with E-state index < -0.39 is 32.4 Å². The van der Waals surface area contributed by atoms with Crippen LogP contribution in [0.1, 0.15) is 12.8 Å². The van der Waals surface area contributed by atoms with Gasteiger partial charge in [0.25, 0.3) is 0 Å². The molecule has 1 aromatic carbocycles. The minimum Gasteiger partial charge on any atom is -0.381 e. The zero-order valence-electron chi connectivity index (χ0n) is 12.1. The third-order valence-corrected chi connectivity index (χ3v) is 5.43. The molecule has 0 aliphatic carbocycles. The number of benzene rings is 1. The van der Waals surface area contributed by atoms with E-state index >= 15 is 0 Å². The van der Waals surface area contributed by atoms with Crippen molar-refractivity contribution in [1.82, 2.24) is 4.31 Å². The van der Waals surface area contributed by atoms with E-state index in [4.69, 9.17) is 10.00 Å². The van der Waals surface area contributed by atoms with Crippen LogP contribution in [0.25, 0.3) is 0 Å². The Labute approximate surface area is 132 Å². The minimum absolute atomic E-state index is 0.0302. The van der Waals surface area contributed by atoms with E-state index in [-0.39, 0.29) is 31.5 Å². The summed E-state index contributed by atoms with van der Waals surface area (Å²) in [6.07, 6.45) is 0.539. The fourth-order valence-electron chi connectivity index (χ4n) is 2.34. The predicted octanol–water partition coefficient (Wildman–Crippen LogP) is 2.04. The minimum atomic E-state index is -4.39. The Kier molecular flexibility index (Phi) is 5.62. The van der Waals surface area contributed by atoms with Crippen molar-refractivity contribution in [3.05, 3.63) is 29.6 Å². The number of ether oxygens (including phenoxy) is 1. The highest BCUT2D eigenvalue weighted by atomic mass is 32.2. The Hall–Kier alpha value is -1.63. The van der Waals surface area contributed by atoms with Crippen LogP contribution in [0.4, 0.5) is 13.2 Å². The Bertz CT molecular complexity index is 713. The Morgan fingerprint density at radius 1 is 1.26 bits per heavy atom. The normalized spacial score (nSPS) is 18.3. The molecule has 0 spiro atoms. The molecule has 1 fully saturated rings. The molecule has 1 heterocycles. The molecule has 1 aliphatic rings. The van der Waals surface area contributed by atoms with Crippen LogP contribution < -0.4 is 0 Å². The fourth-order valence-corrected chi connectivity index (χ4v) is 3.92. The van der Waals surface area contributed by atoms with Crippen LogP contribution in [0.3, 0.4) is 0 Å². The molecule has 2 rings (SSSR count). The highest BCUT2D eigenvalue weighted by molar-refractivity contribution is 7.89. The van der Waals surface area contributed by atoms with Crippen molar-refractivity contribution in [2.45, 2.75) is 17.7 Å². The van der Waals surface area contributed by atoms with Crippen LogP contribution in [-0.4, -0.2) is 39.0 Å². The van der Waals surface area contributed by atoms with Crippen LogP contribution in [0.5, 0.6) is 0 Å². The summed E-state index contributed by atoms with van der Waals surface area (Å²) in [6.45, 7) is 0.728. The molecule has 1 atom stereocenters. The molecule has 9 heteroatoms. The maximum atomic E-state index is 13.8. The maximum absolute atomic E-state index is 13.8. The monoisotopic (exact) mass is 348 g/mol. The lowest BCUT2D eigenvalue weighted by Gasteiger charge is -2.24. The van der Waals surface area contributed by atoms with Gasteiger partial charge in [0.15, 0.2) is 11.6 Å². The topological polar surface area (TPSA) is 70.4 Å². The number of halogens is 3. The molecule has 0 saturated carbocycles. The molecule has 126 valence electrons. The second-order valence-corrected chi connectivity index (χ2v) is 7.10. The van der Waals surface area contributed by atoms with Gasteiger partial charge in [0.05, 0.1) is 12.7 Å². The lowest BCUT2D eigenvalue weighted by Crippen LogP contribution is -2.37. The van der Waals surface area contributed by atoms with Gasteiger partial charge in [-0.3, -0.25) is 0 Å². The lowest BCUT2D eigenvalue weighted by atomic mass is 10.1. The molecule has 1 aromatic rings. The second-order valence-electron chi connectivity index (χ2n) is 5.20. The molecule has 0 bridgehead atoms. The van der Waals surface area contributed by atoms with Crippen molar-refractivity contribution >= 4 is 10.0 Å². The van der Waals surface area contributed by atoms with E-state index in [0.29, 0.717) is 25.7 Å². The van der Waals surface area contributed by atoms with Crippen molar-refractivity contribution in [3.63, 3.8) is 0 Å². The molecule has 1 aliphatic heterocycles. The standard InChI is InChI=1S/C14H15F3N2O3S/c15-11-6-13(17)14(7-12(11)16)23(20,21)19(4-1-3-18)8-10-2-5-22-9-10/h6-7,10H,1-2,4-5,8-9H2. The van der Waals surface area contributed by atoms with Gasteiger partial charge in [-0.25, -0.2) is 21.6 Å². The summed E-state index contributed by atoms with van der Waals surface area (Å²) < 4.78 is 71.3. The van der Waals surface area contributed by atoms with Crippen LogP contribution in [0.2, 0.25) is 0 Å². The van der Waals surface area contributed by atoms with Gasteiger partial charge < -0.3 is 4.74 Å². The predicted molar refractivity (Wildman–Crippen MR) is 74.2 cm³/mol. The van der Waals surface area contributed by atoms with Crippen LogP contribution >= 0.6 is 0 Å². The highest BCUT2D eigenvalue weighted by Gasteiger charge is 2.31. The average Bonchev–Trinajstić information content (AvgIpc) is 3.00. The van der Waals surface area contributed by atoms with Gasteiger partial charge in [0.2, 0.25) is 10.0 Å². The van der Waals surface area contributed by atoms with Gasteiger partial charge in [0, 0.05) is 32.2 Å². The smallest absolute Gasteiger partial charge is 0.246 e. The van der Waals surface area contributed by atoms with Crippen LogP contribution in [0.15, 0.2) is 17.0 Å². The van der Waals surface area contributed by atoms with Gasteiger partial charge in [0.1, 0.15) is 10.7 Å². The molecule has 0 N–H and O–H groups in total. The van der Waals surface area contributed by atoms with Gasteiger partial charge in [-0.05, 0) is 18.4 Å². The third-order valence-electron chi connectivity index (χ3n) is 3.55. The Morgan fingerprint density at radius 3 is 2.57 bits per heavy atom. The Morgan fingerprint density at radius 2 is 1.96 bits per heavy atom. The van der Waals surface area contributed by atoms with Crippen molar-refractivity contribution < 1.29 is 26.3 Å². The van der Waals surface area contributed by atoms with E-state index in [1.54, 1.807) is 0 Å². The number of rotatable bonds is 6. The van der Waals surface area contributed by atoms with Crippen LogP contribution in [0, 0.1) is 34.7 Å². The average molecular weight is 348 g/mol. The summed E-state index contributed by atoms with van der Waals surface area (Å²) in [7, 11) is -4.39. The van der Waals surface area contributed by atoms with Gasteiger partial charge >= 0.3 is 0 Å². The lowest BCUT2D eigenvalue weighted by molar-refractivity contribution is 0.180.